The number of rotatable bonds is 3. The summed E-state index contributed by atoms with van der Waals surface area (Å²) in [5, 5.41) is 8.70. The van der Waals surface area contributed by atoms with Gasteiger partial charge < -0.3 is 0 Å². The van der Waals surface area contributed by atoms with Gasteiger partial charge in [-0.3, -0.25) is 4.57 Å². The van der Waals surface area contributed by atoms with Gasteiger partial charge in [-0.1, -0.05) is 6.92 Å². The quantitative estimate of drug-likeness (QED) is 0.821. The molecule has 1 aliphatic heterocycles. The lowest BCUT2D eigenvalue weighted by molar-refractivity contribution is 0.452. The van der Waals surface area contributed by atoms with Crippen LogP contribution in [0.1, 0.15) is 38.1 Å². The lowest BCUT2D eigenvalue weighted by Crippen LogP contribution is -2.17. The minimum atomic E-state index is 0.523. The average Bonchev–Trinajstić information content (AvgIpc) is 2.62. The molecule has 15 heavy (non-hydrogen) atoms. The summed E-state index contributed by atoms with van der Waals surface area (Å²) in [6.45, 7) is 2.16. The fourth-order valence-corrected chi connectivity index (χ4v) is 3.36. The highest BCUT2D eigenvalue weighted by atomic mass is 35.5. The Morgan fingerprint density at radius 1 is 1.40 bits per heavy atom. The van der Waals surface area contributed by atoms with Gasteiger partial charge in [-0.2, -0.15) is 11.8 Å². The van der Waals surface area contributed by atoms with E-state index in [1.54, 1.807) is 0 Å². The highest BCUT2D eigenvalue weighted by Crippen LogP contribution is 2.30. The van der Waals surface area contributed by atoms with Crippen molar-refractivity contribution in [3.63, 3.8) is 0 Å². The monoisotopic (exact) mass is 245 g/mol. The van der Waals surface area contributed by atoms with E-state index >= 15 is 0 Å². The number of aromatic nitrogens is 3. The Kier molecular flexibility index (Phi) is 3.92. The Labute approximate surface area is 99.6 Å². The van der Waals surface area contributed by atoms with Gasteiger partial charge in [0.1, 0.15) is 5.82 Å². The van der Waals surface area contributed by atoms with Crippen molar-refractivity contribution < 1.29 is 0 Å². The number of hydrogen-bond donors (Lipinski definition) is 0. The van der Waals surface area contributed by atoms with Gasteiger partial charge in [0.15, 0.2) is 0 Å². The number of aryl methyl sites for hydroxylation is 1. The maximum atomic E-state index is 6.10. The molecule has 1 aromatic rings. The van der Waals surface area contributed by atoms with Gasteiger partial charge in [-0.15, -0.1) is 10.2 Å². The zero-order valence-corrected chi connectivity index (χ0v) is 10.5. The van der Waals surface area contributed by atoms with Gasteiger partial charge in [0.25, 0.3) is 0 Å². The van der Waals surface area contributed by atoms with Gasteiger partial charge in [-0.05, 0) is 42.4 Å². The molecule has 3 nitrogen and oxygen atoms in total. The van der Waals surface area contributed by atoms with Crippen molar-refractivity contribution in [3.05, 3.63) is 11.1 Å². The van der Waals surface area contributed by atoms with E-state index in [1.807, 2.05) is 11.8 Å². The molecular formula is C10H16ClN3S. The van der Waals surface area contributed by atoms with Crippen LogP contribution in [-0.2, 0) is 6.42 Å². The van der Waals surface area contributed by atoms with Crippen LogP contribution < -0.4 is 0 Å². The van der Waals surface area contributed by atoms with E-state index in [-0.39, 0.29) is 0 Å². The first-order valence-electron chi connectivity index (χ1n) is 5.50. The van der Waals surface area contributed by atoms with Crippen LogP contribution >= 0.6 is 23.4 Å². The molecule has 0 spiro atoms. The highest BCUT2D eigenvalue weighted by molar-refractivity contribution is 7.99. The van der Waals surface area contributed by atoms with Gasteiger partial charge in [0.2, 0.25) is 5.28 Å². The first kappa shape index (κ1) is 11.3. The third kappa shape index (κ3) is 2.48. The SMILES string of the molecule is CCCc1nnc(Cl)n1C1CCSCC1. The lowest BCUT2D eigenvalue weighted by atomic mass is 10.1. The Hall–Kier alpha value is -0.220. The fraction of sp³-hybridized carbons (Fsp3) is 0.800. The van der Waals surface area contributed by atoms with Crippen molar-refractivity contribution in [3.8, 4) is 0 Å². The summed E-state index contributed by atoms with van der Waals surface area (Å²) in [5.74, 6) is 3.51. The predicted molar refractivity (Wildman–Crippen MR) is 64.6 cm³/mol. The van der Waals surface area contributed by atoms with Crippen LogP contribution in [0.5, 0.6) is 0 Å². The van der Waals surface area contributed by atoms with E-state index in [0.29, 0.717) is 11.3 Å². The molecule has 5 heteroatoms. The smallest absolute Gasteiger partial charge is 0.225 e. The molecule has 2 heterocycles. The third-order valence-corrected chi connectivity index (χ3v) is 4.06. The van der Waals surface area contributed by atoms with Crippen molar-refractivity contribution in [1.29, 1.82) is 0 Å². The first-order valence-corrected chi connectivity index (χ1v) is 7.03. The summed E-state index contributed by atoms with van der Waals surface area (Å²) in [4.78, 5) is 0. The van der Waals surface area contributed by atoms with Crippen LogP contribution in [0.15, 0.2) is 0 Å². The van der Waals surface area contributed by atoms with Gasteiger partial charge in [-0.25, -0.2) is 0 Å². The van der Waals surface area contributed by atoms with Crippen LogP contribution in [0.4, 0.5) is 0 Å². The molecule has 0 saturated carbocycles. The molecule has 0 bridgehead atoms. The Morgan fingerprint density at radius 3 is 2.80 bits per heavy atom. The minimum absolute atomic E-state index is 0.523. The molecule has 0 atom stereocenters. The summed E-state index contributed by atoms with van der Waals surface area (Å²) in [6, 6.07) is 0.523. The Balaban J connectivity index is 2.19. The second kappa shape index (κ2) is 5.21. The molecule has 2 rings (SSSR count). The molecule has 1 aromatic heterocycles. The molecule has 0 unspecified atom stereocenters. The Morgan fingerprint density at radius 2 is 2.13 bits per heavy atom. The Bertz CT molecular complexity index is 320. The second-order valence-electron chi connectivity index (χ2n) is 3.85. The van der Waals surface area contributed by atoms with Crippen LogP contribution in [0.2, 0.25) is 5.28 Å². The van der Waals surface area contributed by atoms with E-state index in [2.05, 4.69) is 21.7 Å². The molecular weight excluding hydrogens is 230 g/mol. The molecule has 1 fully saturated rings. The summed E-state index contributed by atoms with van der Waals surface area (Å²) in [5.41, 5.74) is 0. The van der Waals surface area contributed by atoms with Gasteiger partial charge in [0, 0.05) is 12.5 Å². The van der Waals surface area contributed by atoms with Crippen LogP contribution in [-0.4, -0.2) is 26.3 Å². The molecule has 84 valence electrons. The van der Waals surface area contributed by atoms with Gasteiger partial charge >= 0.3 is 0 Å². The molecule has 0 amide bonds. The zero-order valence-electron chi connectivity index (χ0n) is 8.95. The maximum Gasteiger partial charge on any atom is 0.225 e. The molecule has 1 aliphatic rings. The minimum Gasteiger partial charge on any atom is -0.299 e. The summed E-state index contributed by atoms with van der Waals surface area (Å²) >= 11 is 8.12. The number of halogens is 1. The van der Waals surface area contributed by atoms with Crippen molar-refractivity contribution in [1.82, 2.24) is 14.8 Å². The third-order valence-electron chi connectivity index (χ3n) is 2.75. The standard InChI is InChI=1S/C10H16ClN3S/c1-2-3-9-12-13-10(11)14(9)8-4-6-15-7-5-8/h8H,2-7H2,1H3. The van der Waals surface area contributed by atoms with E-state index in [0.717, 1.165) is 18.7 Å². The summed E-state index contributed by atoms with van der Waals surface area (Å²) in [7, 11) is 0. The van der Waals surface area contributed by atoms with Crippen LogP contribution in [0.25, 0.3) is 0 Å². The van der Waals surface area contributed by atoms with Crippen molar-refractivity contribution >= 4 is 23.4 Å². The summed E-state index contributed by atoms with van der Waals surface area (Å²) in [6.07, 6.45) is 4.46. The van der Waals surface area contributed by atoms with Crippen molar-refractivity contribution in [2.24, 2.45) is 0 Å². The van der Waals surface area contributed by atoms with Crippen LogP contribution in [0.3, 0.4) is 0 Å². The van der Waals surface area contributed by atoms with E-state index in [4.69, 9.17) is 11.6 Å². The first-order chi connectivity index (χ1) is 7.33. The van der Waals surface area contributed by atoms with E-state index in [9.17, 15) is 0 Å². The topological polar surface area (TPSA) is 30.7 Å². The second-order valence-corrected chi connectivity index (χ2v) is 5.41. The van der Waals surface area contributed by atoms with Crippen molar-refractivity contribution in [2.75, 3.05) is 11.5 Å². The number of thioether (sulfide) groups is 1. The largest absolute Gasteiger partial charge is 0.299 e. The van der Waals surface area contributed by atoms with Crippen LogP contribution in [0, 0.1) is 0 Å². The van der Waals surface area contributed by atoms with E-state index in [1.165, 1.54) is 24.3 Å². The number of hydrogen-bond acceptors (Lipinski definition) is 3. The average molecular weight is 246 g/mol. The molecule has 1 saturated heterocycles. The van der Waals surface area contributed by atoms with Gasteiger partial charge in [0.05, 0.1) is 0 Å². The molecule has 0 aliphatic carbocycles. The zero-order chi connectivity index (χ0) is 10.7. The molecule has 0 aromatic carbocycles. The van der Waals surface area contributed by atoms with E-state index < -0.39 is 0 Å². The fourth-order valence-electron chi connectivity index (χ4n) is 2.00. The predicted octanol–water partition coefficient (Wildman–Crippen LogP) is 2.95. The summed E-state index contributed by atoms with van der Waals surface area (Å²) < 4.78 is 2.14. The molecule has 0 radical (unpaired) electrons. The number of nitrogens with zero attached hydrogens (tertiary/aromatic N) is 3. The maximum absolute atomic E-state index is 6.10. The highest BCUT2D eigenvalue weighted by Gasteiger charge is 2.21. The lowest BCUT2D eigenvalue weighted by Gasteiger charge is -2.24. The molecule has 0 N–H and O–H groups in total. The van der Waals surface area contributed by atoms with Crippen molar-refractivity contribution in [2.45, 2.75) is 38.6 Å². The normalized spacial score (nSPS) is 18.3.